The molecule has 0 aliphatic heterocycles. The average Bonchev–Trinajstić information content (AvgIpc) is 2.33. The molecule has 4 nitrogen and oxygen atoms in total. The minimum atomic E-state index is -0.648. The van der Waals surface area contributed by atoms with Crippen LogP contribution in [0.25, 0.3) is 0 Å². The molecule has 0 aromatic carbocycles. The summed E-state index contributed by atoms with van der Waals surface area (Å²) in [6.07, 6.45) is 1.25. The Bertz CT molecular complexity index is 295. The van der Waals surface area contributed by atoms with E-state index in [1.54, 1.807) is 6.07 Å². The van der Waals surface area contributed by atoms with Gasteiger partial charge in [0.1, 0.15) is 6.07 Å². The Morgan fingerprint density at radius 3 is 2.90 bits per heavy atom. The quantitative estimate of drug-likeness (QED) is 0.600. The molecule has 1 rings (SSSR count). The smallest absolute Gasteiger partial charge is 0.253 e. The lowest BCUT2D eigenvalue weighted by Gasteiger charge is -1.84. The van der Waals surface area contributed by atoms with Crippen molar-refractivity contribution < 1.29 is 9.21 Å². The molecule has 50 valence electrons. The summed E-state index contributed by atoms with van der Waals surface area (Å²) in [5, 5.41) is 8.30. The third-order valence-corrected chi connectivity index (χ3v) is 1.03. The van der Waals surface area contributed by atoms with Crippen LogP contribution >= 0.6 is 0 Å². The molecule has 10 heavy (non-hydrogen) atoms. The zero-order valence-electron chi connectivity index (χ0n) is 5.00. The maximum Gasteiger partial charge on any atom is 0.253 e. The first-order valence-corrected chi connectivity index (χ1v) is 2.53. The SMILES string of the molecule is N#Cc1occc1C(N)=O. The highest BCUT2D eigenvalue weighted by Crippen LogP contribution is 2.06. The molecule has 0 atom stereocenters. The van der Waals surface area contributed by atoms with Crippen molar-refractivity contribution in [3.05, 3.63) is 23.7 Å². The van der Waals surface area contributed by atoms with Gasteiger partial charge < -0.3 is 10.2 Å². The summed E-state index contributed by atoms with van der Waals surface area (Å²) in [7, 11) is 0. The number of nitrogens with zero attached hydrogens (tertiary/aromatic N) is 1. The van der Waals surface area contributed by atoms with E-state index in [1.807, 2.05) is 0 Å². The maximum atomic E-state index is 10.5. The predicted octanol–water partition coefficient (Wildman–Crippen LogP) is 0.250. The van der Waals surface area contributed by atoms with Crippen LogP contribution in [0.3, 0.4) is 0 Å². The van der Waals surface area contributed by atoms with Crippen LogP contribution in [0.1, 0.15) is 16.1 Å². The Morgan fingerprint density at radius 1 is 1.80 bits per heavy atom. The maximum absolute atomic E-state index is 10.5. The second-order valence-electron chi connectivity index (χ2n) is 1.64. The van der Waals surface area contributed by atoms with Crippen molar-refractivity contribution >= 4 is 5.91 Å². The molecule has 0 aliphatic carbocycles. The summed E-state index contributed by atoms with van der Waals surface area (Å²) in [4.78, 5) is 10.5. The highest BCUT2D eigenvalue weighted by molar-refractivity contribution is 5.94. The van der Waals surface area contributed by atoms with Gasteiger partial charge in [0.2, 0.25) is 5.76 Å². The molecule has 4 heteroatoms. The van der Waals surface area contributed by atoms with Crippen molar-refractivity contribution in [1.29, 1.82) is 5.26 Å². The van der Waals surface area contributed by atoms with Crippen LogP contribution < -0.4 is 5.73 Å². The summed E-state index contributed by atoms with van der Waals surface area (Å²) in [5.41, 5.74) is 5.01. The van der Waals surface area contributed by atoms with Crippen molar-refractivity contribution in [2.45, 2.75) is 0 Å². The number of hydrogen-bond donors (Lipinski definition) is 1. The lowest BCUT2D eigenvalue weighted by molar-refractivity contribution is 0.0999. The highest BCUT2D eigenvalue weighted by atomic mass is 16.3. The Hall–Kier alpha value is -1.76. The highest BCUT2D eigenvalue weighted by Gasteiger charge is 2.09. The summed E-state index contributed by atoms with van der Waals surface area (Å²) >= 11 is 0. The minimum absolute atomic E-state index is 0.0347. The third kappa shape index (κ3) is 0.845. The van der Waals surface area contributed by atoms with E-state index >= 15 is 0 Å². The molecule has 1 heterocycles. The molecular formula is C6H4N2O2. The lowest BCUT2D eigenvalue weighted by atomic mass is 10.2. The van der Waals surface area contributed by atoms with Gasteiger partial charge in [0.15, 0.2) is 0 Å². The van der Waals surface area contributed by atoms with E-state index < -0.39 is 5.91 Å². The second-order valence-corrected chi connectivity index (χ2v) is 1.64. The van der Waals surface area contributed by atoms with Crippen LogP contribution in [0.15, 0.2) is 16.7 Å². The number of carbonyl (C=O) groups is 1. The van der Waals surface area contributed by atoms with Crippen molar-refractivity contribution in [3.63, 3.8) is 0 Å². The molecule has 0 bridgehead atoms. The van der Waals surface area contributed by atoms with E-state index in [1.165, 1.54) is 12.3 Å². The molecular weight excluding hydrogens is 132 g/mol. The van der Waals surface area contributed by atoms with E-state index in [4.69, 9.17) is 11.0 Å². The number of carbonyl (C=O) groups excluding carboxylic acids is 1. The van der Waals surface area contributed by atoms with Gasteiger partial charge in [-0.1, -0.05) is 0 Å². The van der Waals surface area contributed by atoms with Gasteiger partial charge in [0.25, 0.3) is 5.91 Å². The van der Waals surface area contributed by atoms with Crippen molar-refractivity contribution in [2.75, 3.05) is 0 Å². The molecule has 1 aromatic rings. The molecule has 0 spiro atoms. The Morgan fingerprint density at radius 2 is 2.50 bits per heavy atom. The van der Waals surface area contributed by atoms with Gasteiger partial charge in [-0.25, -0.2) is 0 Å². The number of nitriles is 1. The first-order chi connectivity index (χ1) is 4.75. The minimum Gasteiger partial charge on any atom is -0.453 e. The van der Waals surface area contributed by atoms with Crippen LogP contribution in [0.2, 0.25) is 0 Å². The summed E-state index contributed by atoms with van der Waals surface area (Å²) in [6.45, 7) is 0. The zero-order chi connectivity index (χ0) is 7.56. The first-order valence-electron chi connectivity index (χ1n) is 2.53. The van der Waals surface area contributed by atoms with Gasteiger partial charge >= 0.3 is 0 Å². The van der Waals surface area contributed by atoms with Crippen LogP contribution in [-0.2, 0) is 0 Å². The summed E-state index contributed by atoms with van der Waals surface area (Å²) < 4.78 is 4.61. The van der Waals surface area contributed by atoms with Gasteiger partial charge in [0, 0.05) is 0 Å². The monoisotopic (exact) mass is 136 g/mol. The molecule has 0 fully saturated rings. The van der Waals surface area contributed by atoms with E-state index in [0.29, 0.717) is 0 Å². The number of hydrogen-bond acceptors (Lipinski definition) is 3. The molecule has 0 unspecified atom stereocenters. The normalized spacial score (nSPS) is 8.70. The Balaban J connectivity index is 3.17. The number of nitrogens with two attached hydrogens (primary N) is 1. The van der Waals surface area contributed by atoms with E-state index in [0.717, 1.165) is 0 Å². The van der Waals surface area contributed by atoms with Gasteiger partial charge in [-0.05, 0) is 6.07 Å². The number of furan rings is 1. The average molecular weight is 136 g/mol. The largest absolute Gasteiger partial charge is 0.453 e. The van der Waals surface area contributed by atoms with E-state index in [9.17, 15) is 4.79 Å². The van der Waals surface area contributed by atoms with Crippen LogP contribution in [0.5, 0.6) is 0 Å². The zero-order valence-corrected chi connectivity index (χ0v) is 5.00. The summed E-state index contributed by atoms with van der Waals surface area (Å²) in [5.74, 6) is -0.683. The Labute approximate surface area is 56.8 Å². The number of primary amides is 1. The fourth-order valence-corrected chi connectivity index (χ4v) is 0.590. The summed E-state index contributed by atoms with van der Waals surface area (Å²) in [6, 6.07) is 3.05. The molecule has 0 saturated carbocycles. The lowest BCUT2D eigenvalue weighted by Crippen LogP contribution is -2.10. The van der Waals surface area contributed by atoms with Crippen LogP contribution in [0.4, 0.5) is 0 Å². The van der Waals surface area contributed by atoms with E-state index in [-0.39, 0.29) is 11.3 Å². The standard InChI is InChI=1S/C6H4N2O2/c7-3-5-4(6(8)9)1-2-10-5/h1-2H,(H2,8,9). The molecule has 0 aliphatic rings. The molecule has 1 aromatic heterocycles. The van der Waals surface area contributed by atoms with Crippen LogP contribution in [-0.4, -0.2) is 5.91 Å². The fraction of sp³-hybridized carbons (Fsp3) is 0. The topological polar surface area (TPSA) is 80.0 Å². The van der Waals surface area contributed by atoms with Crippen molar-refractivity contribution in [3.8, 4) is 6.07 Å². The van der Waals surface area contributed by atoms with Gasteiger partial charge in [-0.15, -0.1) is 0 Å². The van der Waals surface area contributed by atoms with Gasteiger partial charge in [-0.2, -0.15) is 5.26 Å². The number of rotatable bonds is 1. The Kier molecular flexibility index (Phi) is 1.42. The molecule has 1 amide bonds. The molecule has 0 saturated heterocycles. The first kappa shape index (κ1) is 6.36. The number of amides is 1. The van der Waals surface area contributed by atoms with E-state index in [2.05, 4.69) is 4.42 Å². The van der Waals surface area contributed by atoms with Gasteiger partial charge in [-0.3, -0.25) is 4.79 Å². The van der Waals surface area contributed by atoms with Gasteiger partial charge in [0.05, 0.1) is 11.8 Å². The van der Waals surface area contributed by atoms with Crippen molar-refractivity contribution in [1.82, 2.24) is 0 Å². The third-order valence-electron chi connectivity index (χ3n) is 1.03. The molecule has 2 N–H and O–H groups in total. The van der Waals surface area contributed by atoms with Crippen molar-refractivity contribution in [2.24, 2.45) is 5.73 Å². The second kappa shape index (κ2) is 2.23. The molecule has 0 radical (unpaired) electrons. The predicted molar refractivity (Wildman–Crippen MR) is 31.9 cm³/mol. The van der Waals surface area contributed by atoms with Crippen LogP contribution in [0, 0.1) is 11.3 Å². The fourth-order valence-electron chi connectivity index (χ4n) is 0.590.